The number of aromatic nitrogens is 3. The van der Waals surface area contributed by atoms with Crippen molar-refractivity contribution in [3.63, 3.8) is 0 Å². The molecule has 1 fully saturated rings. The lowest BCUT2D eigenvalue weighted by atomic mass is 10.0. The van der Waals surface area contributed by atoms with Crippen molar-refractivity contribution in [2.75, 3.05) is 5.32 Å². The quantitative estimate of drug-likeness (QED) is 0.454. The van der Waals surface area contributed by atoms with E-state index in [2.05, 4.69) is 64.1 Å². The molecule has 0 bridgehead atoms. The smallest absolute Gasteiger partial charge is 0.314 e. The number of hydrogen-bond acceptors (Lipinski definition) is 5. The third kappa shape index (κ3) is 4.26. The van der Waals surface area contributed by atoms with Crippen LogP contribution in [0.5, 0.6) is 0 Å². The van der Waals surface area contributed by atoms with Gasteiger partial charge in [0.25, 0.3) is 0 Å². The predicted molar refractivity (Wildman–Crippen MR) is 125 cm³/mol. The second-order valence-corrected chi connectivity index (χ2v) is 10.1. The fraction of sp³-hybridized carbons (Fsp3) is 0.500. The van der Waals surface area contributed by atoms with E-state index < -0.39 is 0 Å². The molecule has 1 atom stereocenters. The molecule has 0 amide bonds. The summed E-state index contributed by atoms with van der Waals surface area (Å²) in [6, 6.07) is 6.55. The second-order valence-electron chi connectivity index (χ2n) is 8.27. The molecule has 0 aliphatic heterocycles. The zero-order valence-electron chi connectivity index (χ0n) is 17.3. The van der Waals surface area contributed by atoms with Crippen LogP contribution >= 0.6 is 27.3 Å². The summed E-state index contributed by atoms with van der Waals surface area (Å²) < 4.78 is 3.43. The number of halogens is 1. The number of aryl methyl sites for hydroxylation is 1. The zero-order valence-corrected chi connectivity index (χ0v) is 19.7. The fourth-order valence-electron chi connectivity index (χ4n) is 3.66. The monoisotopic (exact) mass is 474 g/mol. The Morgan fingerprint density at radius 2 is 2.07 bits per heavy atom. The minimum Gasteiger partial charge on any atom is -0.366 e. The maximum absolute atomic E-state index is 13.0. The van der Waals surface area contributed by atoms with Gasteiger partial charge in [0.2, 0.25) is 0 Å². The van der Waals surface area contributed by atoms with E-state index in [9.17, 15) is 4.79 Å². The van der Waals surface area contributed by atoms with Crippen LogP contribution in [0.2, 0.25) is 0 Å². The Morgan fingerprint density at radius 1 is 1.31 bits per heavy atom. The molecule has 0 radical (unpaired) electrons. The third-order valence-corrected chi connectivity index (χ3v) is 7.14. The van der Waals surface area contributed by atoms with Crippen molar-refractivity contribution in [3.8, 4) is 5.69 Å². The van der Waals surface area contributed by atoms with Crippen molar-refractivity contribution in [1.29, 1.82) is 0 Å². The summed E-state index contributed by atoms with van der Waals surface area (Å²) in [6.45, 7) is 8.41. The number of benzene rings is 1. The van der Waals surface area contributed by atoms with Crippen molar-refractivity contribution >= 4 is 43.4 Å². The Hall–Kier alpha value is -1.73. The van der Waals surface area contributed by atoms with Crippen LogP contribution < -0.4 is 10.2 Å². The van der Waals surface area contributed by atoms with Crippen LogP contribution in [0.4, 0.5) is 5.82 Å². The van der Waals surface area contributed by atoms with Gasteiger partial charge in [-0.1, -0.05) is 51.0 Å². The number of rotatable bonds is 7. The minimum absolute atomic E-state index is 0.0452. The molecule has 29 heavy (non-hydrogen) atoms. The van der Waals surface area contributed by atoms with Gasteiger partial charge >= 0.3 is 4.87 Å². The molecule has 4 rings (SSSR count). The molecule has 7 heteroatoms. The molecule has 154 valence electrons. The molecule has 1 aliphatic carbocycles. The second kappa shape index (κ2) is 8.19. The molecule has 3 aromatic rings. The van der Waals surface area contributed by atoms with E-state index in [0.29, 0.717) is 23.4 Å². The molecular weight excluding hydrogens is 448 g/mol. The molecule has 1 N–H and O–H groups in total. The lowest BCUT2D eigenvalue weighted by Gasteiger charge is -2.18. The first-order valence-corrected chi connectivity index (χ1v) is 11.9. The van der Waals surface area contributed by atoms with E-state index >= 15 is 0 Å². The highest BCUT2D eigenvalue weighted by Crippen LogP contribution is 2.36. The summed E-state index contributed by atoms with van der Waals surface area (Å²) in [4.78, 5) is 22.2. The van der Waals surface area contributed by atoms with Crippen molar-refractivity contribution in [1.82, 2.24) is 14.5 Å². The zero-order chi connectivity index (χ0) is 20.7. The summed E-state index contributed by atoms with van der Waals surface area (Å²) in [5, 5.41) is 3.61. The largest absolute Gasteiger partial charge is 0.366 e. The third-order valence-electron chi connectivity index (χ3n) is 5.57. The fourth-order valence-corrected chi connectivity index (χ4v) is 5.12. The normalized spacial score (nSPS) is 15.2. The molecule has 0 spiro atoms. The van der Waals surface area contributed by atoms with Crippen LogP contribution in [0.1, 0.15) is 63.8 Å². The number of hydrogen-bond donors (Lipinski definition) is 1. The van der Waals surface area contributed by atoms with Crippen LogP contribution in [-0.4, -0.2) is 20.6 Å². The van der Waals surface area contributed by atoms with E-state index in [-0.39, 0.29) is 4.87 Å². The Morgan fingerprint density at radius 3 is 2.69 bits per heavy atom. The van der Waals surface area contributed by atoms with Gasteiger partial charge < -0.3 is 5.32 Å². The van der Waals surface area contributed by atoms with Crippen molar-refractivity contribution < 1.29 is 0 Å². The molecular formula is C22H27BrN4OS. The molecule has 1 aromatic carbocycles. The Balaban J connectivity index is 1.79. The SMILES string of the molecule is CCC(CC1CC1)Nc1nc(C)nc2c1sc(=O)n2-c1ccc(C(C)C)cc1Br. The Bertz CT molecular complexity index is 1100. The van der Waals surface area contributed by atoms with Gasteiger partial charge in [0.1, 0.15) is 16.3 Å². The highest BCUT2D eigenvalue weighted by atomic mass is 79.9. The minimum atomic E-state index is -0.0452. The van der Waals surface area contributed by atoms with E-state index in [1.165, 1.54) is 36.2 Å². The molecule has 2 heterocycles. The highest BCUT2D eigenvalue weighted by molar-refractivity contribution is 9.10. The summed E-state index contributed by atoms with van der Waals surface area (Å²) in [6.07, 6.45) is 4.87. The number of fused-ring (bicyclic) bond motifs is 1. The molecule has 1 saturated carbocycles. The number of nitrogens with one attached hydrogen (secondary N) is 1. The number of thiazole rings is 1. The first-order chi connectivity index (χ1) is 13.9. The molecule has 1 unspecified atom stereocenters. The van der Waals surface area contributed by atoms with Crippen LogP contribution in [0.15, 0.2) is 27.5 Å². The van der Waals surface area contributed by atoms with Gasteiger partial charge in [-0.2, -0.15) is 0 Å². The average Bonchev–Trinajstić information content (AvgIpc) is 3.43. The maximum atomic E-state index is 13.0. The van der Waals surface area contributed by atoms with Gasteiger partial charge in [0, 0.05) is 10.5 Å². The predicted octanol–water partition coefficient (Wildman–Crippen LogP) is 6.03. The van der Waals surface area contributed by atoms with E-state index in [4.69, 9.17) is 0 Å². The summed E-state index contributed by atoms with van der Waals surface area (Å²) in [5.41, 5.74) is 2.72. The number of anilines is 1. The highest BCUT2D eigenvalue weighted by Gasteiger charge is 2.26. The van der Waals surface area contributed by atoms with E-state index in [0.717, 1.165) is 33.0 Å². The number of nitrogens with zero attached hydrogens (tertiary/aromatic N) is 3. The van der Waals surface area contributed by atoms with Gasteiger partial charge in [-0.3, -0.25) is 4.79 Å². The first-order valence-electron chi connectivity index (χ1n) is 10.3. The first kappa shape index (κ1) is 20.5. The molecule has 1 aliphatic rings. The van der Waals surface area contributed by atoms with Crippen LogP contribution in [0.3, 0.4) is 0 Å². The maximum Gasteiger partial charge on any atom is 0.314 e. The summed E-state index contributed by atoms with van der Waals surface area (Å²) >= 11 is 4.88. The standard InChI is InChI=1S/C22H27BrN4OS/c1-5-16(10-14-6-7-14)26-20-19-21(25-13(4)24-20)27(22(28)29-19)18-9-8-15(12(2)3)11-17(18)23/h8-9,11-12,14,16H,5-7,10H2,1-4H3,(H,24,25,26). The Kier molecular flexibility index (Phi) is 5.80. The summed E-state index contributed by atoms with van der Waals surface area (Å²) in [5.74, 6) is 2.72. The van der Waals surface area contributed by atoms with Crippen LogP contribution in [0, 0.1) is 12.8 Å². The van der Waals surface area contributed by atoms with Crippen LogP contribution in [-0.2, 0) is 0 Å². The van der Waals surface area contributed by atoms with Gasteiger partial charge in [0.05, 0.1) is 5.69 Å². The topological polar surface area (TPSA) is 59.8 Å². The van der Waals surface area contributed by atoms with Crippen molar-refractivity contribution in [2.24, 2.45) is 5.92 Å². The van der Waals surface area contributed by atoms with Gasteiger partial charge in [0.15, 0.2) is 5.65 Å². The van der Waals surface area contributed by atoms with Crippen LogP contribution in [0.25, 0.3) is 16.0 Å². The summed E-state index contributed by atoms with van der Waals surface area (Å²) in [7, 11) is 0. The molecule has 2 aromatic heterocycles. The lowest BCUT2D eigenvalue weighted by molar-refractivity contribution is 0.585. The van der Waals surface area contributed by atoms with E-state index in [1.54, 1.807) is 4.57 Å². The Labute approximate surface area is 183 Å². The van der Waals surface area contributed by atoms with Gasteiger partial charge in [-0.05, 0) is 65.2 Å². The lowest BCUT2D eigenvalue weighted by Crippen LogP contribution is -2.20. The molecule has 5 nitrogen and oxygen atoms in total. The van der Waals surface area contributed by atoms with Crippen molar-refractivity contribution in [2.45, 2.75) is 65.3 Å². The van der Waals surface area contributed by atoms with Crippen molar-refractivity contribution in [3.05, 3.63) is 43.7 Å². The van der Waals surface area contributed by atoms with Gasteiger partial charge in [-0.15, -0.1) is 0 Å². The van der Waals surface area contributed by atoms with Gasteiger partial charge in [-0.25, -0.2) is 14.5 Å². The molecule has 0 saturated heterocycles. The average molecular weight is 475 g/mol. The van der Waals surface area contributed by atoms with E-state index in [1.807, 2.05) is 13.0 Å².